The number of azo groups is 1. The highest BCUT2D eigenvalue weighted by Crippen LogP contribution is 2.18. The number of rotatable bonds is 1. The molecular weight excluding hydrogens is 178 g/mol. The van der Waals surface area contributed by atoms with Crippen LogP contribution in [0.4, 0.5) is 0 Å². The van der Waals surface area contributed by atoms with E-state index in [0.717, 1.165) is 11.1 Å². The minimum atomic E-state index is 0.0257. The van der Waals surface area contributed by atoms with E-state index < -0.39 is 0 Å². The van der Waals surface area contributed by atoms with Crippen LogP contribution in [0.3, 0.4) is 0 Å². The molecule has 0 radical (unpaired) electrons. The molecule has 2 rings (SSSR count). The van der Waals surface area contributed by atoms with Gasteiger partial charge in [-0.15, -0.1) is 0 Å². The fourth-order valence-corrected chi connectivity index (χ4v) is 1.50. The summed E-state index contributed by atoms with van der Waals surface area (Å²) in [6.07, 6.45) is 3.74. The second-order valence-electron chi connectivity index (χ2n) is 3.81. The van der Waals surface area contributed by atoms with E-state index in [0.29, 0.717) is 13.1 Å². The molecule has 14 heavy (non-hydrogen) atoms. The van der Waals surface area contributed by atoms with Gasteiger partial charge in [0.25, 0.3) is 0 Å². The van der Waals surface area contributed by atoms with Gasteiger partial charge in [0, 0.05) is 18.3 Å². The molecule has 0 aromatic carbocycles. The first-order chi connectivity index (χ1) is 6.68. The lowest BCUT2D eigenvalue weighted by Gasteiger charge is -2.03. The highest BCUT2D eigenvalue weighted by molar-refractivity contribution is 5.81. The quantitative estimate of drug-likeness (QED) is 0.671. The number of carbonyl (C=O) groups excluding carboxylic acids is 1. The summed E-state index contributed by atoms with van der Waals surface area (Å²) in [6, 6.07) is 0. The minimum absolute atomic E-state index is 0.0257. The number of nitrogens with zero attached hydrogens (tertiary/aromatic N) is 3. The van der Waals surface area contributed by atoms with Crippen molar-refractivity contribution in [3.8, 4) is 0 Å². The lowest BCUT2D eigenvalue weighted by Crippen LogP contribution is -2.14. The smallest absolute Gasteiger partial charge is 0.233 e. The van der Waals surface area contributed by atoms with Crippen LogP contribution in [0.5, 0.6) is 0 Å². The SMILES string of the molecule is CC(C)C(=O)n1cc2c(c1)CN=NC2. The molecule has 0 aliphatic carbocycles. The molecule has 0 atom stereocenters. The fraction of sp³-hybridized carbons (Fsp3) is 0.500. The van der Waals surface area contributed by atoms with E-state index >= 15 is 0 Å². The van der Waals surface area contributed by atoms with Gasteiger partial charge < -0.3 is 0 Å². The van der Waals surface area contributed by atoms with Gasteiger partial charge in [0.05, 0.1) is 13.1 Å². The molecular formula is C10H13N3O. The van der Waals surface area contributed by atoms with Crippen LogP contribution >= 0.6 is 0 Å². The first-order valence-corrected chi connectivity index (χ1v) is 4.75. The second-order valence-corrected chi connectivity index (χ2v) is 3.81. The molecule has 0 unspecified atom stereocenters. The summed E-state index contributed by atoms with van der Waals surface area (Å²) in [5.74, 6) is 0.150. The predicted octanol–water partition coefficient (Wildman–Crippen LogP) is 2.25. The Labute approximate surface area is 82.6 Å². The second kappa shape index (κ2) is 3.36. The molecule has 4 heteroatoms. The molecule has 0 N–H and O–H groups in total. The van der Waals surface area contributed by atoms with E-state index in [4.69, 9.17) is 0 Å². The normalized spacial score (nSPS) is 14.5. The molecule has 0 fully saturated rings. The molecule has 0 saturated carbocycles. The zero-order chi connectivity index (χ0) is 10.1. The Hall–Kier alpha value is -1.45. The zero-order valence-corrected chi connectivity index (χ0v) is 8.40. The molecule has 0 amide bonds. The van der Waals surface area contributed by atoms with Crippen LogP contribution < -0.4 is 0 Å². The van der Waals surface area contributed by atoms with E-state index in [9.17, 15) is 4.79 Å². The van der Waals surface area contributed by atoms with Crippen LogP contribution in [0, 0.1) is 5.92 Å². The average Bonchev–Trinajstić information content (AvgIpc) is 2.59. The Morgan fingerprint density at radius 3 is 2.21 bits per heavy atom. The average molecular weight is 191 g/mol. The van der Waals surface area contributed by atoms with E-state index in [-0.39, 0.29) is 11.8 Å². The highest BCUT2D eigenvalue weighted by Gasteiger charge is 2.15. The third-order valence-electron chi connectivity index (χ3n) is 2.33. The molecule has 1 aromatic rings. The van der Waals surface area contributed by atoms with E-state index in [1.54, 1.807) is 4.57 Å². The third-order valence-corrected chi connectivity index (χ3v) is 2.33. The Kier molecular flexibility index (Phi) is 2.19. The van der Waals surface area contributed by atoms with Crippen molar-refractivity contribution in [2.24, 2.45) is 16.1 Å². The first-order valence-electron chi connectivity index (χ1n) is 4.75. The van der Waals surface area contributed by atoms with Crippen molar-refractivity contribution in [3.05, 3.63) is 23.5 Å². The molecule has 0 saturated heterocycles. The van der Waals surface area contributed by atoms with Crippen LogP contribution in [0.1, 0.15) is 29.8 Å². The molecule has 1 aliphatic heterocycles. The number of carbonyl (C=O) groups is 1. The molecule has 0 spiro atoms. The van der Waals surface area contributed by atoms with Crippen molar-refractivity contribution in [2.45, 2.75) is 26.9 Å². The number of hydrogen-bond donors (Lipinski definition) is 0. The third kappa shape index (κ3) is 1.47. The van der Waals surface area contributed by atoms with Crippen molar-refractivity contribution in [1.29, 1.82) is 0 Å². The van der Waals surface area contributed by atoms with Crippen molar-refractivity contribution in [3.63, 3.8) is 0 Å². The Morgan fingerprint density at radius 1 is 1.29 bits per heavy atom. The molecule has 4 nitrogen and oxygen atoms in total. The maximum atomic E-state index is 11.7. The minimum Gasteiger partial charge on any atom is -0.294 e. The summed E-state index contributed by atoms with van der Waals surface area (Å²) in [7, 11) is 0. The van der Waals surface area contributed by atoms with Gasteiger partial charge in [-0.2, -0.15) is 10.2 Å². The number of hydrogen-bond acceptors (Lipinski definition) is 3. The van der Waals surface area contributed by atoms with Gasteiger partial charge in [-0.3, -0.25) is 9.36 Å². The van der Waals surface area contributed by atoms with E-state index in [1.807, 2.05) is 26.2 Å². The molecule has 1 aliphatic rings. The number of fused-ring (bicyclic) bond motifs is 1. The topological polar surface area (TPSA) is 46.7 Å². The van der Waals surface area contributed by atoms with Crippen molar-refractivity contribution in [2.75, 3.05) is 0 Å². The van der Waals surface area contributed by atoms with Crippen LogP contribution in [0.2, 0.25) is 0 Å². The van der Waals surface area contributed by atoms with Gasteiger partial charge in [-0.25, -0.2) is 0 Å². The van der Waals surface area contributed by atoms with Crippen LogP contribution in [-0.2, 0) is 13.1 Å². The van der Waals surface area contributed by atoms with Gasteiger partial charge in [0.2, 0.25) is 5.91 Å². The number of aromatic nitrogens is 1. The Balaban J connectivity index is 2.30. The van der Waals surface area contributed by atoms with Crippen LogP contribution in [0.15, 0.2) is 22.6 Å². The maximum absolute atomic E-state index is 11.7. The van der Waals surface area contributed by atoms with E-state index in [2.05, 4.69) is 10.2 Å². The van der Waals surface area contributed by atoms with Gasteiger partial charge in [0.1, 0.15) is 0 Å². The van der Waals surface area contributed by atoms with Gasteiger partial charge in [-0.05, 0) is 11.1 Å². The summed E-state index contributed by atoms with van der Waals surface area (Å²) in [5.41, 5.74) is 2.24. The van der Waals surface area contributed by atoms with Crippen LogP contribution in [0.25, 0.3) is 0 Å². The Bertz CT molecular complexity index is 365. The molecule has 1 aromatic heterocycles. The van der Waals surface area contributed by atoms with Crippen LogP contribution in [-0.4, -0.2) is 10.5 Å². The monoisotopic (exact) mass is 191 g/mol. The summed E-state index contributed by atoms with van der Waals surface area (Å²) < 4.78 is 1.66. The highest BCUT2D eigenvalue weighted by atomic mass is 16.2. The summed E-state index contributed by atoms with van der Waals surface area (Å²) in [6.45, 7) is 5.01. The predicted molar refractivity (Wildman–Crippen MR) is 52.2 cm³/mol. The van der Waals surface area contributed by atoms with Gasteiger partial charge in [-0.1, -0.05) is 13.8 Å². The lowest BCUT2D eigenvalue weighted by atomic mass is 10.2. The zero-order valence-electron chi connectivity index (χ0n) is 8.40. The summed E-state index contributed by atoms with van der Waals surface area (Å²) >= 11 is 0. The molecule has 2 heterocycles. The van der Waals surface area contributed by atoms with Crippen molar-refractivity contribution in [1.82, 2.24) is 4.57 Å². The molecule has 0 bridgehead atoms. The Morgan fingerprint density at radius 2 is 1.79 bits per heavy atom. The van der Waals surface area contributed by atoms with Gasteiger partial charge >= 0.3 is 0 Å². The van der Waals surface area contributed by atoms with E-state index in [1.165, 1.54) is 0 Å². The standard InChI is InChI=1S/C10H13N3O/c1-7(2)10(14)13-5-8-3-11-12-4-9(8)6-13/h5-7H,3-4H2,1-2H3. The first kappa shape index (κ1) is 9.12. The van der Waals surface area contributed by atoms with Crippen molar-refractivity contribution < 1.29 is 4.79 Å². The summed E-state index contributed by atoms with van der Waals surface area (Å²) in [5, 5.41) is 7.87. The van der Waals surface area contributed by atoms with Crippen molar-refractivity contribution >= 4 is 5.91 Å². The maximum Gasteiger partial charge on any atom is 0.233 e. The molecule has 74 valence electrons. The lowest BCUT2D eigenvalue weighted by molar-refractivity contribution is 0.0855. The van der Waals surface area contributed by atoms with Gasteiger partial charge in [0.15, 0.2) is 0 Å². The largest absolute Gasteiger partial charge is 0.294 e. The fourth-order valence-electron chi connectivity index (χ4n) is 1.50. The summed E-state index contributed by atoms with van der Waals surface area (Å²) in [4.78, 5) is 11.7.